The molecule has 1 aromatic carbocycles. The molecule has 2 heterocycles. The lowest BCUT2D eigenvalue weighted by Crippen LogP contribution is -2.38. The number of hydrogen-bond acceptors (Lipinski definition) is 5. The molecule has 1 saturated carbocycles. The van der Waals surface area contributed by atoms with Crippen molar-refractivity contribution in [1.82, 2.24) is 19.9 Å². The van der Waals surface area contributed by atoms with Crippen LogP contribution in [0.3, 0.4) is 0 Å². The summed E-state index contributed by atoms with van der Waals surface area (Å²) in [5.41, 5.74) is 0.110. The largest absolute Gasteiger partial charge is 0.444 e. The van der Waals surface area contributed by atoms with Gasteiger partial charge in [-0.25, -0.2) is 9.78 Å². The van der Waals surface area contributed by atoms with Gasteiger partial charge < -0.3 is 10.1 Å². The van der Waals surface area contributed by atoms with Crippen molar-refractivity contribution < 1.29 is 9.53 Å². The number of nitrogens with zero attached hydrogens (tertiary/aromatic N) is 3. The van der Waals surface area contributed by atoms with Gasteiger partial charge >= 0.3 is 6.09 Å². The van der Waals surface area contributed by atoms with Crippen molar-refractivity contribution >= 4 is 28.6 Å². The van der Waals surface area contributed by atoms with Crippen LogP contribution in [0.2, 0.25) is 5.02 Å². The van der Waals surface area contributed by atoms with E-state index in [0.717, 1.165) is 12.8 Å². The van der Waals surface area contributed by atoms with E-state index in [1.54, 1.807) is 63.5 Å². The van der Waals surface area contributed by atoms with Gasteiger partial charge in [0.15, 0.2) is 0 Å². The summed E-state index contributed by atoms with van der Waals surface area (Å²) in [7, 11) is 0. The number of aromatic nitrogens is 3. The molecular formula is C22H23ClN4O3. The first-order valence-corrected chi connectivity index (χ1v) is 10.2. The average Bonchev–Trinajstić information content (AvgIpc) is 3.50. The number of nitrogens with one attached hydrogen (secondary N) is 1. The van der Waals surface area contributed by atoms with Crippen molar-refractivity contribution in [2.24, 2.45) is 5.92 Å². The fraction of sp³-hybridized carbons (Fsp3) is 0.364. The second-order valence-corrected chi connectivity index (χ2v) is 8.82. The highest BCUT2D eigenvalue weighted by Gasteiger charge is 2.38. The molecule has 0 radical (unpaired) electrons. The number of rotatable bonds is 4. The topological polar surface area (TPSA) is 86.1 Å². The third kappa shape index (κ3) is 4.16. The monoisotopic (exact) mass is 426 g/mol. The first kappa shape index (κ1) is 20.3. The van der Waals surface area contributed by atoms with E-state index in [0.29, 0.717) is 27.4 Å². The predicted octanol–water partition coefficient (Wildman–Crippen LogP) is 4.41. The van der Waals surface area contributed by atoms with E-state index in [1.165, 1.54) is 4.57 Å². The molecule has 2 aromatic heterocycles. The molecule has 156 valence electrons. The molecule has 3 aromatic rings. The van der Waals surface area contributed by atoms with Crippen LogP contribution in [0.1, 0.15) is 45.5 Å². The molecule has 1 aliphatic rings. The molecule has 8 heteroatoms. The zero-order valence-corrected chi connectivity index (χ0v) is 17.8. The van der Waals surface area contributed by atoms with Crippen LogP contribution < -0.4 is 10.9 Å². The summed E-state index contributed by atoms with van der Waals surface area (Å²) in [6, 6.07) is 8.21. The van der Waals surface area contributed by atoms with E-state index in [1.807, 2.05) is 0 Å². The van der Waals surface area contributed by atoms with E-state index >= 15 is 0 Å². The van der Waals surface area contributed by atoms with Crippen molar-refractivity contribution in [3.05, 3.63) is 63.9 Å². The Bertz CT molecular complexity index is 1150. The number of halogens is 1. The maximum absolute atomic E-state index is 13.5. The summed E-state index contributed by atoms with van der Waals surface area (Å²) in [4.78, 5) is 34.9. The molecule has 1 atom stereocenters. The quantitative estimate of drug-likeness (QED) is 0.667. The summed E-state index contributed by atoms with van der Waals surface area (Å²) >= 11 is 6.33. The zero-order chi connectivity index (χ0) is 21.5. The lowest BCUT2D eigenvalue weighted by molar-refractivity contribution is 0.0493. The second-order valence-electron chi connectivity index (χ2n) is 8.42. The number of carbonyl (C=O) groups excluding carboxylic acids is 1. The number of carbonyl (C=O) groups is 1. The smallest absolute Gasteiger partial charge is 0.408 e. The van der Waals surface area contributed by atoms with Crippen LogP contribution >= 0.6 is 11.6 Å². The van der Waals surface area contributed by atoms with Crippen LogP contribution in [-0.2, 0) is 4.74 Å². The van der Waals surface area contributed by atoms with E-state index in [4.69, 9.17) is 21.3 Å². The maximum Gasteiger partial charge on any atom is 0.408 e. The van der Waals surface area contributed by atoms with Crippen LogP contribution in [-0.4, -0.2) is 26.2 Å². The molecule has 1 fully saturated rings. The minimum atomic E-state index is -0.633. The molecule has 7 nitrogen and oxygen atoms in total. The van der Waals surface area contributed by atoms with Crippen LogP contribution in [0, 0.1) is 5.92 Å². The van der Waals surface area contributed by atoms with Crippen molar-refractivity contribution in [1.29, 1.82) is 0 Å². The lowest BCUT2D eigenvalue weighted by atomic mass is 10.1. The Morgan fingerprint density at radius 2 is 2.03 bits per heavy atom. The zero-order valence-electron chi connectivity index (χ0n) is 17.1. The average molecular weight is 427 g/mol. The van der Waals surface area contributed by atoms with Gasteiger partial charge in [-0.15, -0.1) is 0 Å². The fourth-order valence-corrected chi connectivity index (χ4v) is 3.66. The SMILES string of the molecule is CC(C)(C)OC(=O)N[C@H](c1nc2cccc(Cl)c2c(=O)n1-c1cccnc1)C1CC1. The highest BCUT2D eigenvalue weighted by molar-refractivity contribution is 6.35. The normalized spacial score (nSPS) is 15.1. The van der Waals surface area contributed by atoms with Gasteiger partial charge in [0, 0.05) is 6.20 Å². The number of benzene rings is 1. The molecule has 4 rings (SSSR count). The summed E-state index contributed by atoms with van der Waals surface area (Å²) in [6.07, 6.45) is 4.53. The molecule has 0 saturated heterocycles. The minimum Gasteiger partial charge on any atom is -0.444 e. The Morgan fingerprint density at radius 3 is 2.67 bits per heavy atom. The van der Waals surface area contributed by atoms with Crippen molar-refractivity contribution in [3.63, 3.8) is 0 Å². The number of ether oxygens (including phenoxy) is 1. The number of alkyl carbamates (subject to hydrolysis) is 1. The minimum absolute atomic E-state index is 0.170. The van der Waals surface area contributed by atoms with Crippen LogP contribution in [0.4, 0.5) is 4.79 Å². The Morgan fingerprint density at radius 1 is 1.27 bits per heavy atom. The van der Waals surface area contributed by atoms with Crippen LogP contribution in [0.15, 0.2) is 47.5 Å². The molecule has 1 aliphatic carbocycles. The molecule has 0 spiro atoms. The number of pyridine rings is 1. The molecular weight excluding hydrogens is 404 g/mol. The first-order valence-electron chi connectivity index (χ1n) is 9.86. The summed E-state index contributed by atoms with van der Waals surface area (Å²) < 4.78 is 6.94. The number of hydrogen-bond donors (Lipinski definition) is 1. The molecule has 30 heavy (non-hydrogen) atoms. The van der Waals surface area contributed by atoms with Crippen molar-refractivity contribution in [2.75, 3.05) is 0 Å². The van der Waals surface area contributed by atoms with E-state index in [-0.39, 0.29) is 11.5 Å². The molecule has 0 aliphatic heterocycles. The van der Waals surface area contributed by atoms with Gasteiger partial charge in [0.1, 0.15) is 11.4 Å². The van der Waals surface area contributed by atoms with Crippen LogP contribution in [0.25, 0.3) is 16.6 Å². The Balaban J connectivity index is 1.90. The predicted molar refractivity (Wildman–Crippen MR) is 115 cm³/mol. The fourth-order valence-electron chi connectivity index (χ4n) is 3.41. The number of amides is 1. The van der Waals surface area contributed by atoms with Crippen molar-refractivity contribution in [3.8, 4) is 5.69 Å². The van der Waals surface area contributed by atoms with Gasteiger partial charge in [-0.05, 0) is 63.8 Å². The summed E-state index contributed by atoms with van der Waals surface area (Å²) in [5, 5.41) is 3.59. The molecule has 1 N–H and O–H groups in total. The molecule has 0 bridgehead atoms. The van der Waals surface area contributed by atoms with Gasteiger partial charge in [-0.1, -0.05) is 17.7 Å². The highest BCUT2D eigenvalue weighted by Crippen LogP contribution is 2.41. The van der Waals surface area contributed by atoms with Gasteiger partial charge in [-0.2, -0.15) is 0 Å². The van der Waals surface area contributed by atoms with Gasteiger partial charge in [0.05, 0.1) is 33.9 Å². The third-order valence-electron chi connectivity index (χ3n) is 4.82. The highest BCUT2D eigenvalue weighted by atomic mass is 35.5. The molecule has 1 amide bonds. The first-order chi connectivity index (χ1) is 14.2. The van der Waals surface area contributed by atoms with Crippen molar-refractivity contribution in [2.45, 2.75) is 45.3 Å². The maximum atomic E-state index is 13.5. The Labute approximate surface area is 179 Å². The summed E-state index contributed by atoms with van der Waals surface area (Å²) in [5.74, 6) is 0.611. The lowest BCUT2D eigenvalue weighted by Gasteiger charge is -2.25. The number of fused-ring (bicyclic) bond motifs is 1. The van der Waals surface area contributed by atoms with Gasteiger partial charge in [0.25, 0.3) is 5.56 Å². The standard InChI is InChI=1S/C22H23ClN4O3/c1-22(2,3)30-21(29)26-18(13-9-10-13)19-25-16-8-4-7-15(23)17(16)20(28)27(19)14-6-5-11-24-12-14/h4-8,11-13,18H,9-10H2,1-3H3,(H,26,29)/t18-/m0/s1. The van der Waals surface area contributed by atoms with Gasteiger partial charge in [0.2, 0.25) is 0 Å². The molecule has 0 unspecified atom stereocenters. The summed E-state index contributed by atoms with van der Waals surface area (Å²) in [6.45, 7) is 5.42. The second kappa shape index (κ2) is 7.72. The van der Waals surface area contributed by atoms with Crippen LogP contribution in [0.5, 0.6) is 0 Å². The van der Waals surface area contributed by atoms with E-state index in [9.17, 15) is 9.59 Å². The van der Waals surface area contributed by atoms with Gasteiger partial charge in [-0.3, -0.25) is 14.3 Å². The van der Waals surface area contributed by atoms with E-state index < -0.39 is 17.7 Å². The third-order valence-corrected chi connectivity index (χ3v) is 5.14. The Hall–Kier alpha value is -2.93. The Kier molecular flexibility index (Phi) is 5.24. The van der Waals surface area contributed by atoms with E-state index in [2.05, 4.69) is 10.3 Å².